The fraction of sp³-hybridized carbons (Fsp3) is 0.667. The molecule has 1 unspecified atom stereocenters. The van der Waals surface area contributed by atoms with Gasteiger partial charge in [0.15, 0.2) is 5.84 Å². The highest BCUT2D eigenvalue weighted by atomic mass is 16.5. The molecule has 2 heterocycles. The van der Waals surface area contributed by atoms with E-state index in [1.807, 2.05) is 0 Å². The lowest BCUT2D eigenvalue weighted by atomic mass is 10.1. The Morgan fingerprint density at radius 2 is 2.42 bits per heavy atom. The smallest absolute Gasteiger partial charge is 0.223 e. The van der Waals surface area contributed by atoms with Crippen LogP contribution >= 0.6 is 0 Å². The van der Waals surface area contributed by atoms with Crippen molar-refractivity contribution in [1.29, 1.82) is 0 Å². The minimum absolute atomic E-state index is 0.00478. The fourth-order valence-electron chi connectivity index (χ4n) is 2.26. The highest BCUT2D eigenvalue weighted by Crippen LogP contribution is 2.22. The van der Waals surface area contributed by atoms with Crippen LogP contribution in [-0.2, 0) is 11.8 Å². The van der Waals surface area contributed by atoms with E-state index in [-0.39, 0.29) is 11.9 Å². The molecule has 1 fully saturated rings. The Morgan fingerprint density at radius 1 is 1.63 bits per heavy atom. The normalized spacial score (nSPS) is 20.5. The van der Waals surface area contributed by atoms with Gasteiger partial charge in [-0.15, -0.1) is 0 Å². The molecule has 0 aromatic carbocycles. The molecule has 0 bridgehead atoms. The standard InChI is InChI=1S/C12H20N4O3/c1-8-10(11(13)15-17)12(16(2)14-8)19-7-9-5-3-4-6-18-9/h9,17H,3-7H2,1-2H3,(H2,13,15). The summed E-state index contributed by atoms with van der Waals surface area (Å²) in [5, 5.41) is 16.0. The number of aromatic nitrogens is 2. The summed E-state index contributed by atoms with van der Waals surface area (Å²) < 4.78 is 13.0. The van der Waals surface area contributed by atoms with Crippen molar-refractivity contribution in [2.75, 3.05) is 13.2 Å². The van der Waals surface area contributed by atoms with Gasteiger partial charge in [0.25, 0.3) is 0 Å². The molecule has 0 spiro atoms. The number of nitrogens with zero attached hydrogens (tertiary/aromatic N) is 3. The van der Waals surface area contributed by atoms with Gasteiger partial charge in [-0.1, -0.05) is 5.16 Å². The van der Waals surface area contributed by atoms with Crippen LogP contribution in [0.5, 0.6) is 5.88 Å². The van der Waals surface area contributed by atoms with Crippen LogP contribution in [0.2, 0.25) is 0 Å². The van der Waals surface area contributed by atoms with Gasteiger partial charge < -0.3 is 20.4 Å². The van der Waals surface area contributed by atoms with Crippen LogP contribution in [0.4, 0.5) is 0 Å². The molecule has 1 aliphatic rings. The summed E-state index contributed by atoms with van der Waals surface area (Å²) in [5.41, 5.74) is 6.85. The third-order valence-electron chi connectivity index (χ3n) is 3.21. The monoisotopic (exact) mass is 268 g/mol. The van der Waals surface area contributed by atoms with Gasteiger partial charge in [-0.25, -0.2) is 4.68 Å². The zero-order valence-electron chi connectivity index (χ0n) is 11.3. The SMILES string of the molecule is Cc1nn(C)c(OCC2CCCCO2)c1C(N)=NO. The van der Waals surface area contributed by atoms with Gasteiger partial charge in [0.2, 0.25) is 5.88 Å². The lowest BCUT2D eigenvalue weighted by molar-refractivity contribution is -0.0127. The topological polar surface area (TPSA) is 94.9 Å². The first-order valence-corrected chi connectivity index (χ1v) is 6.39. The summed E-state index contributed by atoms with van der Waals surface area (Å²) in [6.45, 7) is 3.02. The molecule has 1 aromatic heterocycles. The molecule has 0 saturated carbocycles. The van der Waals surface area contributed by atoms with Crippen molar-refractivity contribution < 1.29 is 14.7 Å². The molecule has 3 N–H and O–H groups in total. The summed E-state index contributed by atoms with van der Waals surface area (Å²) in [5.74, 6) is 0.507. The average molecular weight is 268 g/mol. The number of amidine groups is 1. The summed E-state index contributed by atoms with van der Waals surface area (Å²) in [6, 6.07) is 0. The summed E-state index contributed by atoms with van der Waals surface area (Å²) in [4.78, 5) is 0. The predicted octanol–water partition coefficient (Wildman–Crippen LogP) is 0.771. The zero-order chi connectivity index (χ0) is 13.8. The molecular formula is C12H20N4O3. The molecule has 106 valence electrons. The van der Waals surface area contributed by atoms with Gasteiger partial charge in [-0.05, 0) is 26.2 Å². The van der Waals surface area contributed by atoms with Crippen LogP contribution in [0.3, 0.4) is 0 Å². The van der Waals surface area contributed by atoms with Crippen molar-refractivity contribution in [3.05, 3.63) is 11.3 Å². The number of rotatable bonds is 4. The number of aryl methyl sites for hydroxylation is 2. The van der Waals surface area contributed by atoms with Crippen molar-refractivity contribution in [2.45, 2.75) is 32.3 Å². The molecule has 1 atom stereocenters. The van der Waals surface area contributed by atoms with Gasteiger partial charge in [-0.2, -0.15) is 5.10 Å². The van der Waals surface area contributed by atoms with E-state index in [9.17, 15) is 0 Å². The van der Waals surface area contributed by atoms with E-state index in [1.54, 1.807) is 18.7 Å². The van der Waals surface area contributed by atoms with Crippen LogP contribution in [0.1, 0.15) is 30.5 Å². The second-order valence-corrected chi connectivity index (χ2v) is 4.67. The summed E-state index contributed by atoms with van der Waals surface area (Å²) >= 11 is 0. The predicted molar refractivity (Wildman–Crippen MR) is 69.5 cm³/mol. The maximum absolute atomic E-state index is 8.81. The molecule has 7 heteroatoms. The summed E-state index contributed by atoms with van der Waals surface area (Å²) in [6.07, 6.45) is 3.36. The van der Waals surface area contributed by atoms with E-state index in [1.165, 1.54) is 0 Å². The largest absolute Gasteiger partial charge is 0.475 e. The lowest BCUT2D eigenvalue weighted by Crippen LogP contribution is -2.27. The Hall–Kier alpha value is -1.76. The highest BCUT2D eigenvalue weighted by molar-refractivity contribution is 6.00. The molecular weight excluding hydrogens is 248 g/mol. The maximum Gasteiger partial charge on any atom is 0.223 e. The Bertz CT molecular complexity index is 464. The minimum atomic E-state index is 0.00478. The summed E-state index contributed by atoms with van der Waals surface area (Å²) in [7, 11) is 1.76. The van der Waals surface area contributed by atoms with Crippen molar-refractivity contribution in [2.24, 2.45) is 17.9 Å². The van der Waals surface area contributed by atoms with Crippen LogP contribution in [0, 0.1) is 6.92 Å². The molecule has 19 heavy (non-hydrogen) atoms. The number of nitrogens with two attached hydrogens (primary N) is 1. The molecule has 1 aromatic rings. The van der Waals surface area contributed by atoms with E-state index in [4.69, 9.17) is 20.4 Å². The molecule has 0 amide bonds. The Morgan fingerprint density at radius 3 is 3.05 bits per heavy atom. The fourth-order valence-corrected chi connectivity index (χ4v) is 2.26. The molecule has 1 aliphatic heterocycles. The van der Waals surface area contributed by atoms with Crippen LogP contribution in [-0.4, -0.2) is 40.1 Å². The van der Waals surface area contributed by atoms with Gasteiger partial charge in [0.05, 0.1) is 11.8 Å². The van der Waals surface area contributed by atoms with Gasteiger partial charge in [0, 0.05) is 13.7 Å². The number of ether oxygens (including phenoxy) is 2. The zero-order valence-corrected chi connectivity index (χ0v) is 11.3. The minimum Gasteiger partial charge on any atom is -0.475 e. The van der Waals surface area contributed by atoms with Crippen LogP contribution in [0.25, 0.3) is 0 Å². The second-order valence-electron chi connectivity index (χ2n) is 4.67. The number of hydrogen-bond acceptors (Lipinski definition) is 5. The second kappa shape index (κ2) is 5.92. The van der Waals surface area contributed by atoms with Gasteiger partial charge in [0.1, 0.15) is 12.2 Å². The quantitative estimate of drug-likeness (QED) is 0.364. The third kappa shape index (κ3) is 2.98. The number of oxime groups is 1. The molecule has 0 radical (unpaired) electrons. The van der Waals surface area contributed by atoms with E-state index in [0.29, 0.717) is 23.7 Å². The molecule has 1 saturated heterocycles. The van der Waals surface area contributed by atoms with Crippen molar-refractivity contribution in [1.82, 2.24) is 9.78 Å². The highest BCUT2D eigenvalue weighted by Gasteiger charge is 2.21. The lowest BCUT2D eigenvalue weighted by Gasteiger charge is -2.22. The third-order valence-corrected chi connectivity index (χ3v) is 3.21. The first kappa shape index (κ1) is 13.7. The van der Waals surface area contributed by atoms with E-state index in [2.05, 4.69) is 10.3 Å². The van der Waals surface area contributed by atoms with Gasteiger partial charge >= 0.3 is 0 Å². The Balaban J connectivity index is 2.10. The van der Waals surface area contributed by atoms with Gasteiger partial charge in [-0.3, -0.25) is 0 Å². The Labute approximate surface area is 112 Å². The van der Waals surface area contributed by atoms with Crippen molar-refractivity contribution in [3.63, 3.8) is 0 Å². The molecule has 7 nitrogen and oxygen atoms in total. The van der Waals surface area contributed by atoms with Crippen molar-refractivity contribution in [3.8, 4) is 5.88 Å². The van der Waals surface area contributed by atoms with Crippen LogP contribution in [0.15, 0.2) is 5.16 Å². The molecule has 0 aliphatic carbocycles. The van der Waals surface area contributed by atoms with E-state index in [0.717, 1.165) is 25.9 Å². The molecule has 2 rings (SSSR count). The maximum atomic E-state index is 8.81. The van der Waals surface area contributed by atoms with Crippen molar-refractivity contribution >= 4 is 5.84 Å². The first-order chi connectivity index (χ1) is 9.13. The number of hydrogen-bond donors (Lipinski definition) is 2. The van der Waals surface area contributed by atoms with E-state index < -0.39 is 0 Å². The van der Waals surface area contributed by atoms with Crippen LogP contribution < -0.4 is 10.5 Å². The Kier molecular flexibility index (Phi) is 4.26. The average Bonchev–Trinajstić information content (AvgIpc) is 2.71. The van der Waals surface area contributed by atoms with E-state index >= 15 is 0 Å². The first-order valence-electron chi connectivity index (χ1n) is 6.39.